The van der Waals surface area contributed by atoms with Crippen LogP contribution in [0, 0.1) is 11.3 Å². The summed E-state index contributed by atoms with van der Waals surface area (Å²) in [7, 11) is 0. The zero-order chi connectivity index (χ0) is 8.27. The summed E-state index contributed by atoms with van der Waals surface area (Å²) in [4.78, 5) is 14.7. The lowest BCUT2D eigenvalue weighted by atomic mass is 10.3. The second-order valence-corrected chi connectivity index (χ2v) is 2.96. The number of ketones is 1. The van der Waals surface area contributed by atoms with Gasteiger partial charge < -0.3 is 0 Å². The highest BCUT2D eigenvalue weighted by Gasteiger charge is 2.04. The van der Waals surface area contributed by atoms with Crippen molar-refractivity contribution in [2.75, 3.05) is 0 Å². The average molecular weight is 166 g/mol. The molecule has 56 valence electrons. The fraction of sp³-hybridized carbons (Fsp3) is 0.286. The first kappa shape index (κ1) is 7.89. The fourth-order valence-corrected chi connectivity index (χ4v) is 1.39. The number of rotatable bonds is 2. The van der Waals surface area contributed by atoms with Crippen molar-refractivity contribution in [3.05, 3.63) is 16.1 Å². The number of carbonyl (C=O) groups is 1. The van der Waals surface area contributed by atoms with Crippen molar-refractivity contribution in [3.63, 3.8) is 0 Å². The number of nitriles is 1. The third kappa shape index (κ3) is 1.85. The van der Waals surface area contributed by atoms with Crippen LogP contribution in [0.3, 0.4) is 0 Å². The molecule has 0 N–H and O–H groups in total. The van der Waals surface area contributed by atoms with Gasteiger partial charge in [-0.2, -0.15) is 5.26 Å². The van der Waals surface area contributed by atoms with E-state index in [9.17, 15) is 4.79 Å². The van der Waals surface area contributed by atoms with E-state index in [1.54, 1.807) is 5.38 Å². The Morgan fingerprint density at radius 2 is 2.64 bits per heavy atom. The van der Waals surface area contributed by atoms with Crippen LogP contribution >= 0.6 is 11.3 Å². The van der Waals surface area contributed by atoms with Crippen molar-refractivity contribution in [1.82, 2.24) is 4.98 Å². The van der Waals surface area contributed by atoms with Crippen LogP contribution in [-0.4, -0.2) is 10.8 Å². The van der Waals surface area contributed by atoms with E-state index in [0.717, 1.165) is 0 Å². The Morgan fingerprint density at radius 3 is 3.09 bits per heavy atom. The second kappa shape index (κ2) is 3.26. The van der Waals surface area contributed by atoms with Gasteiger partial charge in [-0.25, -0.2) is 4.98 Å². The molecule has 1 heterocycles. The molecule has 0 aliphatic rings. The number of carbonyl (C=O) groups excluding carboxylic acids is 1. The van der Waals surface area contributed by atoms with Gasteiger partial charge in [-0.3, -0.25) is 4.79 Å². The molecule has 0 saturated heterocycles. The van der Waals surface area contributed by atoms with E-state index in [1.807, 2.05) is 6.07 Å². The molecule has 0 bridgehead atoms. The zero-order valence-electron chi connectivity index (χ0n) is 6.00. The highest BCUT2D eigenvalue weighted by Crippen LogP contribution is 2.09. The van der Waals surface area contributed by atoms with Gasteiger partial charge in [-0.05, 0) is 0 Å². The lowest BCUT2D eigenvalue weighted by molar-refractivity contribution is 0.101. The minimum atomic E-state index is -0.0505. The summed E-state index contributed by atoms with van der Waals surface area (Å²) in [6, 6.07) is 1.97. The Bertz CT molecular complexity index is 310. The molecule has 0 aliphatic heterocycles. The maximum Gasteiger partial charge on any atom is 0.178 e. The second-order valence-electron chi connectivity index (χ2n) is 2.02. The van der Waals surface area contributed by atoms with E-state index in [-0.39, 0.29) is 12.2 Å². The van der Waals surface area contributed by atoms with Crippen LogP contribution in [0.15, 0.2) is 5.38 Å². The fourth-order valence-electron chi connectivity index (χ4n) is 0.621. The van der Waals surface area contributed by atoms with Crippen LogP contribution in [-0.2, 0) is 6.42 Å². The SMILES string of the molecule is CC(=O)c1csc(CC#N)n1. The highest BCUT2D eigenvalue weighted by molar-refractivity contribution is 7.09. The number of nitrogens with zero attached hydrogens (tertiary/aromatic N) is 2. The van der Waals surface area contributed by atoms with Crippen LogP contribution in [0.1, 0.15) is 22.4 Å². The number of hydrogen-bond donors (Lipinski definition) is 0. The molecule has 1 aromatic rings. The predicted molar refractivity (Wildman–Crippen MR) is 41.4 cm³/mol. The van der Waals surface area contributed by atoms with Gasteiger partial charge in [0.25, 0.3) is 0 Å². The number of thiazole rings is 1. The largest absolute Gasteiger partial charge is 0.293 e. The molecule has 0 aromatic carbocycles. The van der Waals surface area contributed by atoms with Crippen molar-refractivity contribution in [3.8, 4) is 6.07 Å². The van der Waals surface area contributed by atoms with Gasteiger partial charge in [0.2, 0.25) is 0 Å². The van der Waals surface area contributed by atoms with Crippen LogP contribution in [0.25, 0.3) is 0 Å². The van der Waals surface area contributed by atoms with Gasteiger partial charge in [0.15, 0.2) is 5.78 Å². The summed E-state index contributed by atoms with van der Waals surface area (Å²) < 4.78 is 0. The van der Waals surface area contributed by atoms with Crippen LogP contribution in [0.4, 0.5) is 0 Å². The van der Waals surface area contributed by atoms with Gasteiger partial charge >= 0.3 is 0 Å². The predicted octanol–water partition coefficient (Wildman–Crippen LogP) is 1.41. The smallest absolute Gasteiger partial charge is 0.178 e. The molecular weight excluding hydrogens is 160 g/mol. The van der Waals surface area contributed by atoms with Crippen molar-refractivity contribution in [2.45, 2.75) is 13.3 Å². The molecule has 0 saturated carbocycles. The topological polar surface area (TPSA) is 53.8 Å². The Kier molecular flexibility index (Phi) is 2.34. The lowest BCUT2D eigenvalue weighted by Gasteiger charge is -1.82. The summed E-state index contributed by atoms with van der Waals surface area (Å²) in [5, 5.41) is 10.7. The lowest BCUT2D eigenvalue weighted by Crippen LogP contribution is -1.92. The number of hydrogen-bond acceptors (Lipinski definition) is 4. The van der Waals surface area contributed by atoms with Gasteiger partial charge in [0.1, 0.15) is 10.7 Å². The molecule has 0 amide bonds. The standard InChI is InChI=1S/C7H6N2OS/c1-5(10)6-4-11-7(9-6)2-3-8/h4H,2H2,1H3. The van der Waals surface area contributed by atoms with Gasteiger partial charge in [0.05, 0.1) is 12.5 Å². The molecule has 1 aromatic heterocycles. The average Bonchev–Trinajstić information content (AvgIpc) is 2.37. The van der Waals surface area contributed by atoms with Crippen molar-refractivity contribution in [2.24, 2.45) is 0 Å². The highest BCUT2D eigenvalue weighted by atomic mass is 32.1. The van der Waals surface area contributed by atoms with Gasteiger partial charge in [-0.15, -0.1) is 11.3 Å². The first-order chi connectivity index (χ1) is 5.24. The van der Waals surface area contributed by atoms with Crippen molar-refractivity contribution >= 4 is 17.1 Å². The van der Waals surface area contributed by atoms with E-state index in [4.69, 9.17) is 5.26 Å². The molecule has 0 aliphatic carbocycles. The number of Topliss-reactive ketones (excluding diaryl/α,β-unsaturated/α-hetero) is 1. The first-order valence-electron chi connectivity index (χ1n) is 3.06. The van der Waals surface area contributed by atoms with Crippen molar-refractivity contribution < 1.29 is 4.79 Å². The van der Waals surface area contributed by atoms with Crippen LogP contribution < -0.4 is 0 Å². The first-order valence-corrected chi connectivity index (χ1v) is 3.94. The van der Waals surface area contributed by atoms with Crippen molar-refractivity contribution in [1.29, 1.82) is 5.26 Å². The van der Waals surface area contributed by atoms with Gasteiger partial charge in [0, 0.05) is 12.3 Å². The Balaban J connectivity index is 2.83. The molecular formula is C7H6N2OS. The molecule has 11 heavy (non-hydrogen) atoms. The minimum absolute atomic E-state index is 0.0505. The molecule has 0 fully saturated rings. The summed E-state index contributed by atoms with van der Waals surface area (Å²) in [6.07, 6.45) is 0.290. The molecule has 4 heteroatoms. The normalized spacial score (nSPS) is 9.09. The third-order valence-electron chi connectivity index (χ3n) is 1.14. The van der Waals surface area contributed by atoms with E-state index in [2.05, 4.69) is 4.98 Å². The summed E-state index contributed by atoms with van der Waals surface area (Å²) >= 11 is 1.35. The Morgan fingerprint density at radius 1 is 1.91 bits per heavy atom. The molecule has 0 unspecified atom stereocenters. The number of aromatic nitrogens is 1. The molecule has 0 atom stereocenters. The third-order valence-corrected chi connectivity index (χ3v) is 1.99. The minimum Gasteiger partial charge on any atom is -0.293 e. The molecule has 1 rings (SSSR count). The summed E-state index contributed by atoms with van der Waals surface area (Å²) in [6.45, 7) is 1.46. The molecule has 0 radical (unpaired) electrons. The quantitative estimate of drug-likeness (QED) is 0.624. The Labute approximate surface area is 68.3 Å². The summed E-state index contributed by atoms with van der Waals surface area (Å²) in [5.74, 6) is -0.0505. The monoisotopic (exact) mass is 166 g/mol. The maximum atomic E-state index is 10.7. The van der Waals surface area contributed by atoms with Crippen LogP contribution in [0.2, 0.25) is 0 Å². The maximum absolute atomic E-state index is 10.7. The summed E-state index contributed by atoms with van der Waals surface area (Å²) in [5.41, 5.74) is 0.459. The zero-order valence-corrected chi connectivity index (χ0v) is 6.81. The molecule has 3 nitrogen and oxygen atoms in total. The van der Waals surface area contributed by atoms with E-state index in [1.165, 1.54) is 18.3 Å². The van der Waals surface area contributed by atoms with Gasteiger partial charge in [-0.1, -0.05) is 0 Å². The van der Waals surface area contributed by atoms with Crippen LogP contribution in [0.5, 0.6) is 0 Å². The van der Waals surface area contributed by atoms with E-state index in [0.29, 0.717) is 10.7 Å². The molecule has 0 spiro atoms. The van der Waals surface area contributed by atoms with E-state index >= 15 is 0 Å². The Hall–Kier alpha value is -1.21. The van der Waals surface area contributed by atoms with E-state index < -0.39 is 0 Å².